The number of benzene rings is 1. The van der Waals surface area contributed by atoms with E-state index in [9.17, 15) is 14.9 Å². The van der Waals surface area contributed by atoms with Gasteiger partial charge in [-0.05, 0) is 25.1 Å². The third-order valence-corrected chi connectivity index (χ3v) is 3.28. The Hall–Kier alpha value is -3.11. The lowest BCUT2D eigenvalue weighted by Gasteiger charge is -2.01. The molecular weight excluding hydrogens is 336 g/mol. The molecule has 24 heavy (non-hydrogen) atoms. The second kappa shape index (κ2) is 7.44. The third kappa shape index (κ3) is 3.80. The first-order valence-electron chi connectivity index (χ1n) is 6.79. The topological polar surface area (TPSA) is 106 Å². The highest BCUT2D eigenvalue weighted by molar-refractivity contribution is 6.33. The molecule has 2 aromatic rings. The summed E-state index contributed by atoms with van der Waals surface area (Å²) in [6.07, 6.45) is 1.23. The van der Waals surface area contributed by atoms with Gasteiger partial charge in [-0.1, -0.05) is 11.6 Å². The molecule has 0 saturated carbocycles. The zero-order valence-electron chi connectivity index (χ0n) is 12.5. The number of hydrogen-bond donors (Lipinski definition) is 0. The van der Waals surface area contributed by atoms with Gasteiger partial charge in [0.1, 0.15) is 23.2 Å². The van der Waals surface area contributed by atoms with Crippen LogP contribution in [0.2, 0.25) is 5.02 Å². The molecular formula is C16H11ClN2O5. The number of nitrogens with zero attached hydrogens (tertiary/aromatic N) is 2. The van der Waals surface area contributed by atoms with Gasteiger partial charge in [-0.2, -0.15) is 5.26 Å². The molecule has 0 radical (unpaired) electrons. The summed E-state index contributed by atoms with van der Waals surface area (Å²) < 4.78 is 10.3. The molecule has 0 aliphatic rings. The fourth-order valence-corrected chi connectivity index (χ4v) is 2.09. The Morgan fingerprint density at radius 1 is 1.46 bits per heavy atom. The van der Waals surface area contributed by atoms with Crippen molar-refractivity contribution < 1.29 is 18.9 Å². The number of carbonyl (C=O) groups is 1. The minimum atomic E-state index is -0.758. The number of non-ortho nitro benzene ring substituents is 1. The number of carbonyl (C=O) groups excluding carboxylic acids is 1. The zero-order valence-corrected chi connectivity index (χ0v) is 13.2. The molecule has 0 unspecified atom stereocenters. The van der Waals surface area contributed by atoms with Gasteiger partial charge in [-0.15, -0.1) is 0 Å². The van der Waals surface area contributed by atoms with Crippen molar-refractivity contribution >= 4 is 29.3 Å². The summed E-state index contributed by atoms with van der Waals surface area (Å²) in [5.41, 5.74) is -0.0184. The quantitative estimate of drug-likeness (QED) is 0.266. The number of nitriles is 1. The Morgan fingerprint density at radius 2 is 2.21 bits per heavy atom. The van der Waals surface area contributed by atoms with Crippen LogP contribution in [0.5, 0.6) is 0 Å². The van der Waals surface area contributed by atoms with Crippen LogP contribution < -0.4 is 0 Å². The van der Waals surface area contributed by atoms with Crippen LogP contribution in [0.15, 0.2) is 40.3 Å². The van der Waals surface area contributed by atoms with Crippen LogP contribution in [0, 0.1) is 21.4 Å². The van der Waals surface area contributed by atoms with Crippen LogP contribution in [0.1, 0.15) is 12.7 Å². The molecule has 0 amide bonds. The third-order valence-electron chi connectivity index (χ3n) is 2.96. The standard InChI is InChI=1S/C16H11ClN2O5/c1-2-23-16(20)10(9-18)7-12-4-6-15(24-12)13-8-11(19(21)22)3-5-14(13)17/h3-8H,2H2,1H3. The Labute approximate surface area is 141 Å². The van der Waals surface area contributed by atoms with Crippen LogP contribution >= 0.6 is 11.6 Å². The van der Waals surface area contributed by atoms with Crippen LogP contribution in [-0.2, 0) is 9.53 Å². The average molecular weight is 347 g/mol. The van der Waals surface area contributed by atoms with Crippen molar-refractivity contribution in [1.82, 2.24) is 0 Å². The largest absolute Gasteiger partial charge is 0.462 e. The number of nitro groups is 1. The van der Waals surface area contributed by atoms with E-state index in [-0.39, 0.29) is 34.4 Å². The first kappa shape index (κ1) is 17.2. The van der Waals surface area contributed by atoms with E-state index < -0.39 is 10.9 Å². The van der Waals surface area contributed by atoms with Gasteiger partial charge >= 0.3 is 5.97 Å². The number of esters is 1. The summed E-state index contributed by atoms with van der Waals surface area (Å²) >= 11 is 6.04. The lowest BCUT2D eigenvalue weighted by atomic mass is 10.1. The van der Waals surface area contributed by atoms with Gasteiger partial charge in [0.25, 0.3) is 5.69 Å². The lowest BCUT2D eigenvalue weighted by molar-refractivity contribution is -0.384. The maximum absolute atomic E-state index is 11.6. The molecule has 0 aliphatic heterocycles. The molecule has 1 aromatic carbocycles. The second-order valence-corrected chi connectivity index (χ2v) is 4.92. The summed E-state index contributed by atoms with van der Waals surface area (Å²) in [4.78, 5) is 21.9. The van der Waals surface area contributed by atoms with Crippen molar-refractivity contribution in [1.29, 1.82) is 5.26 Å². The van der Waals surface area contributed by atoms with Crippen LogP contribution in [0.4, 0.5) is 5.69 Å². The van der Waals surface area contributed by atoms with Gasteiger partial charge in [0, 0.05) is 23.8 Å². The van der Waals surface area contributed by atoms with Gasteiger partial charge in [0.2, 0.25) is 0 Å². The molecule has 0 aliphatic carbocycles. The van der Waals surface area contributed by atoms with E-state index in [1.54, 1.807) is 13.0 Å². The maximum Gasteiger partial charge on any atom is 0.349 e. The number of ether oxygens (including phenoxy) is 1. The van der Waals surface area contributed by atoms with E-state index in [4.69, 9.17) is 26.0 Å². The average Bonchev–Trinajstić information content (AvgIpc) is 3.01. The minimum Gasteiger partial charge on any atom is -0.462 e. The van der Waals surface area contributed by atoms with E-state index in [2.05, 4.69) is 0 Å². The van der Waals surface area contributed by atoms with Crippen LogP contribution in [0.25, 0.3) is 17.4 Å². The Balaban J connectivity index is 2.38. The molecule has 2 rings (SSSR count). The smallest absolute Gasteiger partial charge is 0.349 e. The highest BCUT2D eigenvalue weighted by Gasteiger charge is 2.15. The molecule has 0 saturated heterocycles. The first-order chi connectivity index (χ1) is 11.5. The van der Waals surface area contributed by atoms with Crippen molar-refractivity contribution in [2.45, 2.75) is 6.92 Å². The van der Waals surface area contributed by atoms with Gasteiger partial charge < -0.3 is 9.15 Å². The molecule has 1 heterocycles. The summed E-state index contributed by atoms with van der Waals surface area (Å²) in [5.74, 6) is -0.264. The lowest BCUT2D eigenvalue weighted by Crippen LogP contribution is -2.05. The number of nitro benzene ring substituents is 1. The van der Waals surface area contributed by atoms with Gasteiger partial charge in [0.15, 0.2) is 0 Å². The van der Waals surface area contributed by atoms with Crippen molar-refractivity contribution in [3.63, 3.8) is 0 Å². The first-order valence-corrected chi connectivity index (χ1v) is 7.17. The van der Waals surface area contributed by atoms with Gasteiger partial charge in [-0.25, -0.2) is 4.79 Å². The summed E-state index contributed by atoms with van der Waals surface area (Å²) in [5, 5.41) is 20.1. The molecule has 0 N–H and O–H groups in total. The molecule has 0 bridgehead atoms. The minimum absolute atomic E-state index is 0.132. The molecule has 7 nitrogen and oxygen atoms in total. The Morgan fingerprint density at radius 3 is 2.83 bits per heavy atom. The van der Waals surface area contributed by atoms with Crippen molar-refractivity contribution in [3.05, 3.63) is 56.8 Å². The van der Waals surface area contributed by atoms with Crippen LogP contribution in [-0.4, -0.2) is 17.5 Å². The van der Waals surface area contributed by atoms with Crippen LogP contribution in [0.3, 0.4) is 0 Å². The zero-order chi connectivity index (χ0) is 17.7. The van der Waals surface area contributed by atoms with E-state index in [0.29, 0.717) is 5.56 Å². The van der Waals surface area contributed by atoms with E-state index >= 15 is 0 Å². The molecule has 8 heteroatoms. The Bertz CT molecular complexity index is 864. The Kier molecular flexibility index (Phi) is 5.35. The SMILES string of the molecule is CCOC(=O)C(C#N)=Cc1ccc(-c2cc([N+](=O)[O-])ccc2Cl)o1. The van der Waals surface area contributed by atoms with Gasteiger partial charge in [0.05, 0.1) is 16.6 Å². The fourth-order valence-electron chi connectivity index (χ4n) is 1.88. The maximum atomic E-state index is 11.6. The number of rotatable bonds is 5. The van der Waals surface area contributed by atoms with E-state index in [1.165, 1.54) is 36.4 Å². The predicted molar refractivity (Wildman–Crippen MR) is 86.0 cm³/mol. The monoisotopic (exact) mass is 346 g/mol. The highest BCUT2D eigenvalue weighted by atomic mass is 35.5. The molecule has 1 aromatic heterocycles. The van der Waals surface area contributed by atoms with Crippen molar-refractivity contribution in [2.75, 3.05) is 6.61 Å². The normalized spacial score (nSPS) is 11.0. The summed E-state index contributed by atoms with van der Waals surface area (Å²) in [6.45, 7) is 1.77. The fraction of sp³-hybridized carbons (Fsp3) is 0.125. The molecule has 0 spiro atoms. The summed E-state index contributed by atoms with van der Waals surface area (Å²) in [6, 6.07) is 8.74. The number of hydrogen-bond acceptors (Lipinski definition) is 6. The molecule has 0 atom stereocenters. The number of furan rings is 1. The van der Waals surface area contributed by atoms with Gasteiger partial charge in [-0.3, -0.25) is 10.1 Å². The number of halogens is 1. The molecule has 122 valence electrons. The van der Waals surface area contributed by atoms with E-state index in [1.807, 2.05) is 0 Å². The van der Waals surface area contributed by atoms with E-state index in [0.717, 1.165) is 0 Å². The second-order valence-electron chi connectivity index (χ2n) is 4.51. The van der Waals surface area contributed by atoms with Crippen molar-refractivity contribution in [3.8, 4) is 17.4 Å². The van der Waals surface area contributed by atoms with Crippen molar-refractivity contribution in [2.24, 2.45) is 0 Å². The highest BCUT2D eigenvalue weighted by Crippen LogP contribution is 2.33. The summed E-state index contributed by atoms with van der Waals surface area (Å²) in [7, 11) is 0. The molecule has 0 fully saturated rings. The predicted octanol–water partition coefficient (Wildman–Crippen LogP) is 3.98.